The van der Waals surface area contributed by atoms with Crippen molar-refractivity contribution in [3.05, 3.63) is 35.8 Å². The summed E-state index contributed by atoms with van der Waals surface area (Å²) in [5.41, 5.74) is 6.92. The number of hydrogen-bond donors (Lipinski definition) is 1. The minimum atomic E-state index is -0.541. The van der Waals surface area contributed by atoms with E-state index in [1.807, 2.05) is 0 Å². The monoisotopic (exact) mass is 395 g/mol. The fourth-order valence-corrected chi connectivity index (χ4v) is 3.36. The van der Waals surface area contributed by atoms with Gasteiger partial charge >= 0.3 is 0 Å². The van der Waals surface area contributed by atoms with Crippen LogP contribution in [-0.4, -0.2) is 61.6 Å². The van der Waals surface area contributed by atoms with Crippen LogP contribution in [0.4, 0.5) is 0 Å². The number of aromatic nitrogens is 5. The van der Waals surface area contributed by atoms with Crippen LogP contribution < -0.4 is 15.2 Å². The van der Waals surface area contributed by atoms with Gasteiger partial charge in [0.2, 0.25) is 12.7 Å². The number of benzene rings is 1. The summed E-state index contributed by atoms with van der Waals surface area (Å²) in [5, 5.41) is 8.96. The highest BCUT2D eigenvalue weighted by Gasteiger charge is 2.27. The van der Waals surface area contributed by atoms with Crippen molar-refractivity contribution in [2.24, 2.45) is 5.73 Å². The van der Waals surface area contributed by atoms with Crippen LogP contribution in [0.25, 0.3) is 17.2 Å². The van der Waals surface area contributed by atoms with E-state index >= 15 is 0 Å². The van der Waals surface area contributed by atoms with Crippen LogP contribution >= 0.6 is 0 Å². The zero-order valence-corrected chi connectivity index (χ0v) is 15.5. The standard InChI is InChI=1S/C18H17N7O4/c1-23-4-5-24-12(18(23)27)7-11(21-24)17-20-16(8-15(19)26)22-25(17)10-2-3-13-14(6-10)29-9-28-13/h2-3,6-7H,4-5,8-9H2,1H3,(H2,19,26). The summed E-state index contributed by atoms with van der Waals surface area (Å²) in [6.45, 7) is 1.32. The molecule has 0 spiro atoms. The molecule has 148 valence electrons. The van der Waals surface area contributed by atoms with Crippen LogP contribution in [0.3, 0.4) is 0 Å². The number of hydrogen-bond acceptors (Lipinski definition) is 7. The summed E-state index contributed by atoms with van der Waals surface area (Å²) >= 11 is 0. The van der Waals surface area contributed by atoms with Gasteiger partial charge in [0.05, 0.1) is 18.7 Å². The van der Waals surface area contributed by atoms with Crippen LogP contribution in [0.15, 0.2) is 24.3 Å². The van der Waals surface area contributed by atoms with E-state index in [0.29, 0.717) is 47.5 Å². The molecule has 11 nitrogen and oxygen atoms in total. The van der Waals surface area contributed by atoms with Gasteiger partial charge in [0, 0.05) is 25.7 Å². The molecule has 5 rings (SSSR count). The predicted molar refractivity (Wildman–Crippen MR) is 98.6 cm³/mol. The van der Waals surface area contributed by atoms with Gasteiger partial charge in [0.25, 0.3) is 5.91 Å². The highest BCUT2D eigenvalue weighted by Crippen LogP contribution is 2.34. The number of amides is 2. The maximum absolute atomic E-state index is 12.4. The largest absolute Gasteiger partial charge is 0.454 e. The third-order valence-corrected chi connectivity index (χ3v) is 4.81. The lowest BCUT2D eigenvalue weighted by Gasteiger charge is -2.22. The molecule has 0 saturated carbocycles. The maximum atomic E-state index is 12.4. The SMILES string of the molecule is CN1CCn2nc(-c3nc(CC(N)=O)nn3-c3ccc4c(c3)OCO4)cc2C1=O. The van der Waals surface area contributed by atoms with Crippen molar-refractivity contribution in [2.75, 3.05) is 20.4 Å². The Morgan fingerprint density at radius 1 is 1.17 bits per heavy atom. The quantitative estimate of drug-likeness (QED) is 0.656. The smallest absolute Gasteiger partial charge is 0.271 e. The van der Waals surface area contributed by atoms with E-state index in [1.54, 1.807) is 45.6 Å². The zero-order chi connectivity index (χ0) is 20.1. The first-order valence-corrected chi connectivity index (χ1v) is 8.97. The van der Waals surface area contributed by atoms with Crippen molar-refractivity contribution in [2.45, 2.75) is 13.0 Å². The molecule has 2 aliphatic heterocycles. The van der Waals surface area contributed by atoms with Crippen molar-refractivity contribution in [1.82, 2.24) is 29.4 Å². The van der Waals surface area contributed by atoms with E-state index in [0.717, 1.165) is 0 Å². The topological polar surface area (TPSA) is 130 Å². The highest BCUT2D eigenvalue weighted by atomic mass is 16.7. The lowest BCUT2D eigenvalue weighted by Crippen LogP contribution is -2.37. The van der Waals surface area contributed by atoms with Crippen molar-refractivity contribution < 1.29 is 19.1 Å². The minimum absolute atomic E-state index is 0.110. The fourth-order valence-electron chi connectivity index (χ4n) is 3.36. The molecule has 0 atom stereocenters. The van der Waals surface area contributed by atoms with Crippen LogP contribution in [0.5, 0.6) is 11.5 Å². The second kappa shape index (κ2) is 6.33. The van der Waals surface area contributed by atoms with E-state index in [1.165, 1.54) is 0 Å². The zero-order valence-electron chi connectivity index (χ0n) is 15.5. The molecule has 0 unspecified atom stereocenters. The predicted octanol–water partition coefficient (Wildman–Crippen LogP) is -0.0271. The first-order valence-electron chi connectivity index (χ1n) is 8.97. The summed E-state index contributed by atoms with van der Waals surface area (Å²) in [4.78, 5) is 29.9. The number of likely N-dealkylation sites (N-methyl/N-ethyl adjacent to an activating group) is 1. The number of primary amides is 1. The van der Waals surface area contributed by atoms with Gasteiger partial charge in [-0.15, -0.1) is 0 Å². The molecule has 4 heterocycles. The number of ether oxygens (including phenoxy) is 2. The maximum Gasteiger partial charge on any atom is 0.271 e. The molecule has 2 aliphatic rings. The van der Waals surface area contributed by atoms with Crippen LogP contribution in [0.2, 0.25) is 0 Å². The third-order valence-electron chi connectivity index (χ3n) is 4.81. The van der Waals surface area contributed by atoms with Crippen molar-refractivity contribution in [3.8, 4) is 28.7 Å². The van der Waals surface area contributed by atoms with Crippen molar-refractivity contribution >= 4 is 11.8 Å². The van der Waals surface area contributed by atoms with Crippen molar-refractivity contribution in [1.29, 1.82) is 0 Å². The van der Waals surface area contributed by atoms with Gasteiger partial charge in [-0.2, -0.15) is 10.2 Å². The molecule has 0 fully saturated rings. The number of nitrogens with two attached hydrogens (primary N) is 1. The lowest BCUT2D eigenvalue weighted by molar-refractivity contribution is -0.117. The molecular weight excluding hydrogens is 378 g/mol. The molecule has 0 radical (unpaired) electrons. The highest BCUT2D eigenvalue weighted by molar-refractivity contribution is 5.94. The van der Waals surface area contributed by atoms with Crippen LogP contribution in [0.1, 0.15) is 16.3 Å². The van der Waals surface area contributed by atoms with Crippen LogP contribution in [0, 0.1) is 0 Å². The number of carbonyl (C=O) groups excluding carboxylic acids is 2. The van der Waals surface area contributed by atoms with E-state index in [-0.39, 0.29) is 24.9 Å². The summed E-state index contributed by atoms with van der Waals surface area (Å²) in [6.07, 6.45) is -0.111. The Kier molecular flexibility index (Phi) is 3.76. The average Bonchev–Trinajstić information content (AvgIpc) is 3.41. The number of fused-ring (bicyclic) bond motifs is 2. The molecular formula is C18H17N7O4. The van der Waals surface area contributed by atoms with Gasteiger partial charge < -0.3 is 20.1 Å². The first-order chi connectivity index (χ1) is 14.0. The third kappa shape index (κ3) is 2.87. The Bertz CT molecular complexity index is 1150. The second-order valence-electron chi connectivity index (χ2n) is 6.81. The van der Waals surface area contributed by atoms with Crippen LogP contribution in [-0.2, 0) is 17.8 Å². The van der Waals surface area contributed by atoms with E-state index in [2.05, 4.69) is 15.2 Å². The Morgan fingerprint density at radius 3 is 2.83 bits per heavy atom. The summed E-state index contributed by atoms with van der Waals surface area (Å²) in [6, 6.07) is 7.02. The molecule has 29 heavy (non-hydrogen) atoms. The normalized spacial score (nSPS) is 14.9. The Labute approximate surface area is 164 Å². The molecule has 0 aliphatic carbocycles. The van der Waals surface area contributed by atoms with Gasteiger partial charge in [0.1, 0.15) is 11.4 Å². The summed E-state index contributed by atoms with van der Waals surface area (Å²) < 4.78 is 14.0. The molecule has 2 aromatic heterocycles. The molecule has 2 amide bonds. The summed E-state index contributed by atoms with van der Waals surface area (Å²) in [5.74, 6) is 1.24. The second-order valence-corrected chi connectivity index (χ2v) is 6.81. The van der Waals surface area contributed by atoms with Gasteiger partial charge in [-0.3, -0.25) is 14.3 Å². The van der Waals surface area contributed by atoms with E-state index in [9.17, 15) is 9.59 Å². The molecule has 0 bridgehead atoms. The Balaban J connectivity index is 1.63. The van der Waals surface area contributed by atoms with Gasteiger partial charge in [-0.1, -0.05) is 0 Å². The minimum Gasteiger partial charge on any atom is -0.454 e. The van der Waals surface area contributed by atoms with Gasteiger partial charge in [0.15, 0.2) is 23.1 Å². The number of nitrogens with zero attached hydrogens (tertiary/aromatic N) is 6. The average molecular weight is 395 g/mol. The van der Waals surface area contributed by atoms with E-state index < -0.39 is 5.91 Å². The molecule has 11 heteroatoms. The Morgan fingerprint density at radius 2 is 2.00 bits per heavy atom. The number of rotatable bonds is 4. The first kappa shape index (κ1) is 17.2. The lowest BCUT2D eigenvalue weighted by atomic mass is 10.2. The molecule has 2 N–H and O–H groups in total. The fraction of sp³-hybridized carbons (Fsp3) is 0.278. The molecule has 1 aromatic carbocycles. The van der Waals surface area contributed by atoms with E-state index in [4.69, 9.17) is 15.2 Å². The summed E-state index contributed by atoms with van der Waals surface area (Å²) in [7, 11) is 1.75. The van der Waals surface area contributed by atoms with Crippen molar-refractivity contribution in [3.63, 3.8) is 0 Å². The van der Waals surface area contributed by atoms with Gasteiger partial charge in [-0.05, 0) is 12.1 Å². The molecule has 0 saturated heterocycles. The van der Waals surface area contributed by atoms with Gasteiger partial charge in [-0.25, -0.2) is 9.67 Å². The number of carbonyl (C=O) groups is 2. The molecule has 3 aromatic rings. The Hall–Kier alpha value is -3.89.